The third-order valence-electron chi connectivity index (χ3n) is 2.40. The van der Waals surface area contributed by atoms with Crippen molar-refractivity contribution in [1.29, 1.82) is 0 Å². The minimum Gasteiger partial charge on any atom is -0.479 e. The van der Waals surface area contributed by atoms with Crippen LogP contribution in [0, 0.1) is 0 Å². The first-order valence-electron chi connectivity index (χ1n) is 5.31. The molecule has 2 aromatic rings. The van der Waals surface area contributed by atoms with Gasteiger partial charge in [0.15, 0.2) is 16.3 Å². The lowest BCUT2D eigenvalue weighted by atomic mass is 10.1. The summed E-state index contributed by atoms with van der Waals surface area (Å²) in [6.07, 6.45) is 0. The second-order valence-electron chi connectivity index (χ2n) is 3.70. The lowest BCUT2D eigenvalue weighted by molar-refractivity contribution is -0.138. The Morgan fingerprint density at radius 1 is 1.21 bits per heavy atom. The summed E-state index contributed by atoms with van der Waals surface area (Å²) in [5.74, 6) is -1.03. The van der Waals surface area contributed by atoms with Gasteiger partial charge in [0.2, 0.25) is 0 Å². The van der Waals surface area contributed by atoms with Crippen molar-refractivity contribution < 1.29 is 9.90 Å². The van der Waals surface area contributed by atoms with Crippen molar-refractivity contribution in [2.24, 2.45) is 0 Å². The molecule has 98 valence electrons. The van der Waals surface area contributed by atoms with Crippen LogP contribution in [0.4, 0.5) is 5.69 Å². The Kier molecular flexibility index (Phi) is 4.19. The second-order valence-corrected chi connectivity index (χ2v) is 4.44. The van der Waals surface area contributed by atoms with E-state index in [0.29, 0.717) is 11.3 Å². The van der Waals surface area contributed by atoms with Gasteiger partial charge in [0.25, 0.3) is 0 Å². The van der Waals surface area contributed by atoms with Gasteiger partial charge in [0, 0.05) is 6.07 Å². The first kappa shape index (κ1) is 13.6. The molecular weight excluding hydrogens is 289 g/mol. The van der Waals surface area contributed by atoms with Gasteiger partial charge in [-0.25, -0.2) is 4.79 Å². The Hall–Kier alpha value is -1.85. The van der Waals surface area contributed by atoms with Gasteiger partial charge < -0.3 is 10.4 Å². The van der Waals surface area contributed by atoms with Crippen LogP contribution in [0.1, 0.15) is 11.6 Å². The molecular formula is C12H9Cl2N3O2. The molecule has 0 aliphatic rings. The van der Waals surface area contributed by atoms with Crippen LogP contribution in [0.3, 0.4) is 0 Å². The van der Waals surface area contributed by atoms with Crippen molar-refractivity contribution >= 4 is 34.9 Å². The van der Waals surface area contributed by atoms with Gasteiger partial charge in [-0.3, -0.25) is 0 Å². The van der Waals surface area contributed by atoms with Gasteiger partial charge in [-0.05, 0) is 5.56 Å². The fraction of sp³-hybridized carbons (Fsp3) is 0.0833. The minimum atomic E-state index is -1.03. The van der Waals surface area contributed by atoms with Crippen molar-refractivity contribution in [3.8, 4) is 0 Å². The SMILES string of the molecule is O=C(O)C(Nc1cc(Cl)nnc1Cl)c1ccccc1. The van der Waals surface area contributed by atoms with Crippen molar-refractivity contribution in [2.75, 3.05) is 5.32 Å². The van der Waals surface area contributed by atoms with Crippen LogP contribution < -0.4 is 5.32 Å². The number of aromatic nitrogens is 2. The highest BCUT2D eigenvalue weighted by Crippen LogP contribution is 2.26. The van der Waals surface area contributed by atoms with E-state index < -0.39 is 12.0 Å². The molecule has 0 aliphatic carbocycles. The average Bonchev–Trinajstić information content (AvgIpc) is 2.40. The smallest absolute Gasteiger partial charge is 0.330 e. The monoisotopic (exact) mass is 297 g/mol. The predicted molar refractivity (Wildman–Crippen MR) is 72.5 cm³/mol. The molecule has 1 unspecified atom stereocenters. The Morgan fingerprint density at radius 3 is 2.53 bits per heavy atom. The highest BCUT2D eigenvalue weighted by molar-refractivity contribution is 6.33. The third-order valence-corrected chi connectivity index (χ3v) is 2.86. The zero-order valence-corrected chi connectivity index (χ0v) is 11.1. The molecule has 0 spiro atoms. The summed E-state index contributed by atoms with van der Waals surface area (Å²) >= 11 is 11.6. The van der Waals surface area contributed by atoms with E-state index >= 15 is 0 Å². The summed E-state index contributed by atoms with van der Waals surface area (Å²) in [7, 11) is 0. The molecule has 2 N–H and O–H groups in total. The van der Waals surface area contributed by atoms with Gasteiger partial charge in [-0.2, -0.15) is 0 Å². The van der Waals surface area contributed by atoms with E-state index in [0.717, 1.165) is 0 Å². The van der Waals surface area contributed by atoms with E-state index in [1.807, 2.05) is 0 Å². The van der Waals surface area contributed by atoms with Gasteiger partial charge >= 0.3 is 5.97 Å². The third kappa shape index (κ3) is 3.33. The first-order chi connectivity index (χ1) is 9.08. The molecule has 0 saturated carbocycles. The molecule has 0 aliphatic heterocycles. The van der Waals surface area contributed by atoms with Gasteiger partial charge in [0.1, 0.15) is 0 Å². The lowest BCUT2D eigenvalue weighted by Crippen LogP contribution is -2.20. The molecule has 5 nitrogen and oxygen atoms in total. The number of carboxylic acids is 1. The Bertz CT molecular complexity index is 593. The molecule has 1 aromatic carbocycles. The number of halogens is 2. The van der Waals surface area contributed by atoms with Crippen LogP contribution in [0.15, 0.2) is 36.4 Å². The number of nitrogens with one attached hydrogen (secondary N) is 1. The fourth-order valence-electron chi connectivity index (χ4n) is 1.54. The van der Waals surface area contributed by atoms with Gasteiger partial charge in [-0.15, -0.1) is 10.2 Å². The second kappa shape index (κ2) is 5.86. The first-order valence-corrected chi connectivity index (χ1v) is 6.06. The highest BCUT2D eigenvalue weighted by Gasteiger charge is 2.20. The zero-order chi connectivity index (χ0) is 13.8. The van der Waals surface area contributed by atoms with Crippen molar-refractivity contribution in [3.63, 3.8) is 0 Å². The summed E-state index contributed by atoms with van der Waals surface area (Å²) in [6, 6.07) is 9.21. The van der Waals surface area contributed by atoms with E-state index in [-0.39, 0.29) is 10.3 Å². The van der Waals surface area contributed by atoms with Crippen LogP contribution in [0.5, 0.6) is 0 Å². The van der Waals surface area contributed by atoms with Crippen molar-refractivity contribution in [2.45, 2.75) is 6.04 Å². The number of hydrogen-bond acceptors (Lipinski definition) is 4. The molecule has 0 radical (unpaired) electrons. The molecule has 1 aromatic heterocycles. The van der Waals surface area contributed by atoms with E-state index in [2.05, 4.69) is 15.5 Å². The van der Waals surface area contributed by atoms with Crippen molar-refractivity contribution in [1.82, 2.24) is 10.2 Å². The number of hydrogen-bond donors (Lipinski definition) is 2. The minimum absolute atomic E-state index is 0.0616. The summed E-state index contributed by atoms with van der Waals surface area (Å²) in [5.41, 5.74) is 0.914. The molecule has 7 heteroatoms. The molecule has 0 bridgehead atoms. The van der Waals surface area contributed by atoms with Crippen LogP contribution >= 0.6 is 23.2 Å². The van der Waals surface area contributed by atoms with Crippen LogP contribution in [-0.4, -0.2) is 21.3 Å². The van der Waals surface area contributed by atoms with Crippen LogP contribution in [-0.2, 0) is 4.79 Å². The average molecular weight is 298 g/mol. The number of benzene rings is 1. The lowest BCUT2D eigenvalue weighted by Gasteiger charge is -2.16. The van der Waals surface area contributed by atoms with E-state index in [1.54, 1.807) is 30.3 Å². The van der Waals surface area contributed by atoms with E-state index in [4.69, 9.17) is 23.2 Å². The molecule has 1 atom stereocenters. The van der Waals surface area contributed by atoms with Crippen LogP contribution in [0.25, 0.3) is 0 Å². The molecule has 0 amide bonds. The number of aliphatic carboxylic acids is 1. The van der Waals surface area contributed by atoms with Crippen molar-refractivity contribution in [3.05, 3.63) is 52.3 Å². The summed E-state index contributed by atoms with van der Waals surface area (Å²) in [4.78, 5) is 11.3. The molecule has 1 heterocycles. The number of rotatable bonds is 4. The Labute approximate surface area is 119 Å². The Balaban J connectivity index is 2.32. The number of nitrogens with zero attached hydrogens (tertiary/aromatic N) is 2. The van der Waals surface area contributed by atoms with E-state index in [9.17, 15) is 9.90 Å². The number of anilines is 1. The fourth-order valence-corrected chi connectivity index (χ4v) is 1.84. The largest absolute Gasteiger partial charge is 0.479 e. The van der Waals surface area contributed by atoms with Gasteiger partial charge in [0.05, 0.1) is 5.69 Å². The summed E-state index contributed by atoms with van der Waals surface area (Å²) in [5, 5.41) is 19.4. The molecule has 2 rings (SSSR count). The molecule has 0 fully saturated rings. The summed E-state index contributed by atoms with van der Waals surface area (Å²) < 4.78 is 0. The molecule has 0 saturated heterocycles. The quantitative estimate of drug-likeness (QED) is 0.907. The maximum atomic E-state index is 11.3. The van der Waals surface area contributed by atoms with Crippen LogP contribution in [0.2, 0.25) is 10.3 Å². The highest BCUT2D eigenvalue weighted by atomic mass is 35.5. The van der Waals surface area contributed by atoms with Gasteiger partial charge in [-0.1, -0.05) is 53.5 Å². The summed E-state index contributed by atoms with van der Waals surface area (Å²) in [6.45, 7) is 0. The maximum Gasteiger partial charge on any atom is 0.330 e. The normalized spacial score (nSPS) is 11.9. The number of carbonyl (C=O) groups is 1. The maximum absolute atomic E-state index is 11.3. The Morgan fingerprint density at radius 2 is 1.89 bits per heavy atom. The number of carboxylic acid groups (broad SMARTS) is 1. The standard InChI is InChI=1S/C12H9Cl2N3O2/c13-9-6-8(11(14)17-16-9)15-10(12(18)19)7-4-2-1-3-5-7/h1-6,10H,(H,15,16)(H,18,19). The predicted octanol–water partition coefficient (Wildman–Crippen LogP) is 3.02. The van der Waals surface area contributed by atoms with E-state index in [1.165, 1.54) is 6.07 Å². The zero-order valence-electron chi connectivity index (χ0n) is 9.55. The molecule has 19 heavy (non-hydrogen) atoms. The topological polar surface area (TPSA) is 75.1 Å².